The lowest BCUT2D eigenvalue weighted by atomic mass is 10.1. The summed E-state index contributed by atoms with van der Waals surface area (Å²) in [5.41, 5.74) is 2.73. The first-order valence-electron chi connectivity index (χ1n) is 8.81. The fraction of sp³-hybridized carbons (Fsp3) is 0.200. The number of hydrogen-bond acceptors (Lipinski definition) is 7. The van der Waals surface area contributed by atoms with E-state index in [1.807, 2.05) is 29.6 Å². The van der Waals surface area contributed by atoms with Gasteiger partial charge in [0.2, 0.25) is 0 Å². The van der Waals surface area contributed by atoms with Crippen LogP contribution in [0, 0.1) is 10.1 Å². The number of halogens is 1. The molecule has 3 rings (SSSR count). The van der Waals surface area contributed by atoms with Crippen molar-refractivity contribution in [1.29, 1.82) is 0 Å². The summed E-state index contributed by atoms with van der Waals surface area (Å²) in [6.45, 7) is 1.93. The Bertz CT molecular complexity index is 1060. The van der Waals surface area contributed by atoms with E-state index in [0.717, 1.165) is 10.0 Å². The maximum atomic E-state index is 12.8. The van der Waals surface area contributed by atoms with Gasteiger partial charge in [0.1, 0.15) is 12.2 Å². The molecule has 1 heterocycles. The van der Waals surface area contributed by atoms with Crippen LogP contribution in [0.1, 0.15) is 34.6 Å². The number of nitrogens with zero attached hydrogens (tertiary/aromatic N) is 2. The number of aromatic nitrogens is 1. The third-order valence-electron chi connectivity index (χ3n) is 4.28. The summed E-state index contributed by atoms with van der Waals surface area (Å²) < 4.78 is 11.8. The number of benzene rings is 2. The molecule has 1 N–H and O–H groups in total. The van der Waals surface area contributed by atoms with Gasteiger partial charge in [0, 0.05) is 15.9 Å². The first-order valence-corrected chi connectivity index (χ1v) is 10.5. The predicted molar refractivity (Wildman–Crippen MR) is 116 cm³/mol. The Balaban J connectivity index is 1.87. The van der Waals surface area contributed by atoms with Crippen molar-refractivity contribution in [2.45, 2.75) is 19.6 Å². The zero-order valence-electron chi connectivity index (χ0n) is 16.1. The summed E-state index contributed by atoms with van der Waals surface area (Å²) in [5.74, 6) is -0.205. The fourth-order valence-corrected chi connectivity index (χ4v) is 3.71. The Kier molecular flexibility index (Phi) is 7.01. The minimum Gasteiger partial charge on any atom is -0.493 e. The number of hydrogen-bond donors (Lipinski definition) is 1. The average molecular weight is 492 g/mol. The Morgan fingerprint density at radius 2 is 2.13 bits per heavy atom. The van der Waals surface area contributed by atoms with Crippen LogP contribution in [0.25, 0.3) is 0 Å². The molecular formula is C20H18BrN3O5S. The number of nitro benzene ring substituents is 1. The number of carbonyl (C=O) groups is 1. The van der Waals surface area contributed by atoms with Crippen LogP contribution in [-0.4, -0.2) is 22.9 Å². The summed E-state index contributed by atoms with van der Waals surface area (Å²) >= 11 is 4.81. The zero-order valence-corrected chi connectivity index (χ0v) is 18.5. The summed E-state index contributed by atoms with van der Waals surface area (Å²) in [6.07, 6.45) is 0. The molecule has 0 aliphatic rings. The van der Waals surface area contributed by atoms with Crippen LogP contribution in [0.15, 0.2) is 51.8 Å². The van der Waals surface area contributed by atoms with Crippen molar-refractivity contribution in [2.24, 2.45) is 0 Å². The van der Waals surface area contributed by atoms with Crippen molar-refractivity contribution < 1.29 is 19.2 Å². The van der Waals surface area contributed by atoms with Crippen molar-refractivity contribution in [3.05, 3.63) is 78.7 Å². The second kappa shape index (κ2) is 9.68. The average Bonchev–Trinajstić information content (AvgIpc) is 3.25. The van der Waals surface area contributed by atoms with Crippen LogP contribution < -0.4 is 14.8 Å². The quantitative estimate of drug-likeness (QED) is 0.355. The molecule has 1 atom stereocenters. The fourth-order valence-electron chi connectivity index (χ4n) is 2.75. The van der Waals surface area contributed by atoms with Crippen LogP contribution in [-0.2, 0) is 6.61 Å². The highest BCUT2D eigenvalue weighted by Crippen LogP contribution is 2.35. The van der Waals surface area contributed by atoms with Crippen LogP contribution in [0.5, 0.6) is 11.5 Å². The normalized spacial score (nSPS) is 11.6. The van der Waals surface area contributed by atoms with Gasteiger partial charge in [0.05, 0.1) is 35.3 Å². The van der Waals surface area contributed by atoms with Gasteiger partial charge in [-0.1, -0.05) is 28.1 Å². The Hall–Kier alpha value is -2.98. The summed E-state index contributed by atoms with van der Waals surface area (Å²) in [4.78, 5) is 27.9. The van der Waals surface area contributed by atoms with Crippen molar-refractivity contribution >= 4 is 38.9 Å². The van der Waals surface area contributed by atoms with Gasteiger partial charge in [-0.15, -0.1) is 11.3 Å². The first kappa shape index (κ1) is 21.7. The highest BCUT2D eigenvalue weighted by Gasteiger charge is 2.26. The van der Waals surface area contributed by atoms with Gasteiger partial charge < -0.3 is 14.8 Å². The van der Waals surface area contributed by atoms with E-state index < -0.39 is 10.8 Å². The lowest BCUT2D eigenvalue weighted by Crippen LogP contribution is -2.27. The van der Waals surface area contributed by atoms with Crippen molar-refractivity contribution in [3.63, 3.8) is 0 Å². The smallest absolute Gasteiger partial charge is 0.286 e. The van der Waals surface area contributed by atoms with Crippen molar-refractivity contribution in [3.8, 4) is 11.5 Å². The molecule has 10 heteroatoms. The van der Waals surface area contributed by atoms with E-state index in [1.54, 1.807) is 12.4 Å². The Morgan fingerprint density at radius 3 is 2.77 bits per heavy atom. The van der Waals surface area contributed by atoms with Crippen LogP contribution in [0.4, 0.5) is 5.69 Å². The third-order valence-corrected chi connectivity index (χ3v) is 5.41. The first-order chi connectivity index (χ1) is 14.4. The number of amides is 1. The summed E-state index contributed by atoms with van der Waals surface area (Å²) in [6, 6.07) is 9.61. The molecule has 0 aliphatic carbocycles. The summed E-state index contributed by atoms with van der Waals surface area (Å²) in [5, 5.41) is 16.2. The van der Waals surface area contributed by atoms with Gasteiger partial charge in [-0.25, -0.2) is 4.98 Å². The molecule has 1 amide bonds. The molecule has 0 bridgehead atoms. The highest BCUT2D eigenvalue weighted by atomic mass is 79.9. The zero-order chi connectivity index (χ0) is 21.7. The maximum Gasteiger partial charge on any atom is 0.286 e. The predicted octanol–water partition coefficient (Wildman–Crippen LogP) is 4.89. The minimum absolute atomic E-state index is 0.111. The number of rotatable bonds is 8. The van der Waals surface area contributed by atoms with E-state index in [2.05, 4.69) is 26.2 Å². The monoisotopic (exact) mass is 491 g/mol. The number of carbonyl (C=O) groups excluding carboxylic acids is 1. The number of methoxy groups -OCH3 is 1. The molecule has 0 aliphatic heterocycles. The molecule has 0 spiro atoms. The second-order valence-corrected chi connectivity index (χ2v) is 7.93. The van der Waals surface area contributed by atoms with Crippen LogP contribution in [0.2, 0.25) is 0 Å². The van der Waals surface area contributed by atoms with Gasteiger partial charge in [-0.05, 0) is 24.6 Å². The van der Waals surface area contributed by atoms with Gasteiger partial charge >= 0.3 is 0 Å². The molecule has 3 aromatic rings. The molecule has 30 heavy (non-hydrogen) atoms. The SMILES string of the molecule is COc1cc(C(=O)NC(C)c2cccc(Br)c2)c([N+](=O)[O-])cc1OCc1cscn1. The van der Waals surface area contributed by atoms with Crippen LogP contribution in [0.3, 0.4) is 0 Å². The third kappa shape index (κ3) is 5.14. The van der Waals surface area contributed by atoms with E-state index in [0.29, 0.717) is 5.69 Å². The minimum atomic E-state index is -0.617. The van der Waals surface area contributed by atoms with Gasteiger partial charge in [-0.3, -0.25) is 14.9 Å². The van der Waals surface area contributed by atoms with Gasteiger partial charge in [0.25, 0.3) is 11.6 Å². The molecule has 0 radical (unpaired) electrons. The molecule has 156 valence electrons. The van der Waals surface area contributed by atoms with E-state index in [4.69, 9.17) is 9.47 Å². The number of ether oxygens (including phenoxy) is 2. The van der Waals surface area contributed by atoms with E-state index in [9.17, 15) is 14.9 Å². The standard InChI is InChI=1S/C20H18BrN3O5S/c1-12(13-4-3-5-14(21)6-13)23-20(25)16-7-18(28-2)19(8-17(16)24(26)27)29-9-15-10-30-11-22-15/h3-8,10-12H,9H2,1-2H3,(H,23,25). The van der Waals surface area contributed by atoms with Gasteiger partial charge in [0.15, 0.2) is 11.5 Å². The van der Waals surface area contributed by atoms with Crippen LogP contribution >= 0.6 is 27.3 Å². The lowest BCUT2D eigenvalue weighted by molar-refractivity contribution is -0.385. The molecule has 1 unspecified atom stereocenters. The lowest BCUT2D eigenvalue weighted by Gasteiger charge is -2.16. The van der Waals surface area contributed by atoms with E-state index in [1.165, 1.54) is 30.6 Å². The Labute approximate surface area is 185 Å². The van der Waals surface area contributed by atoms with Crippen molar-refractivity contribution in [1.82, 2.24) is 10.3 Å². The summed E-state index contributed by atoms with van der Waals surface area (Å²) in [7, 11) is 1.41. The molecule has 1 aromatic heterocycles. The molecule has 8 nitrogen and oxygen atoms in total. The number of thiazole rings is 1. The second-order valence-electron chi connectivity index (χ2n) is 6.30. The number of nitrogens with one attached hydrogen (secondary N) is 1. The van der Waals surface area contributed by atoms with E-state index >= 15 is 0 Å². The number of nitro groups is 1. The van der Waals surface area contributed by atoms with Gasteiger partial charge in [-0.2, -0.15) is 0 Å². The largest absolute Gasteiger partial charge is 0.493 e. The molecule has 0 fully saturated rings. The molecular weight excluding hydrogens is 474 g/mol. The molecule has 2 aromatic carbocycles. The molecule has 0 saturated heterocycles. The Morgan fingerprint density at radius 1 is 1.33 bits per heavy atom. The van der Waals surface area contributed by atoms with E-state index in [-0.39, 0.29) is 35.4 Å². The maximum absolute atomic E-state index is 12.8. The van der Waals surface area contributed by atoms with Crippen molar-refractivity contribution in [2.75, 3.05) is 7.11 Å². The molecule has 0 saturated carbocycles. The highest BCUT2D eigenvalue weighted by molar-refractivity contribution is 9.10. The topological polar surface area (TPSA) is 104 Å².